The predicted octanol–water partition coefficient (Wildman–Crippen LogP) is 3.78. The molecule has 6 heteroatoms. The number of piperidine rings is 1. The summed E-state index contributed by atoms with van der Waals surface area (Å²) >= 11 is 0. The Bertz CT molecular complexity index is 971. The Morgan fingerprint density at radius 1 is 0.931 bits per heavy atom. The van der Waals surface area contributed by atoms with Crippen molar-refractivity contribution in [3.05, 3.63) is 78.0 Å². The molecule has 2 aromatic carbocycles. The van der Waals surface area contributed by atoms with E-state index in [2.05, 4.69) is 10.2 Å². The van der Waals surface area contributed by atoms with Crippen molar-refractivity contribution in [1.29, 1.82) is 0 Å². The van der Waals surface area contributed by atoms with Crippen molar-refractivity contribution in [3.8, 4) is 17.4 Å². The molecule has 146 valence electrons. The van der Waals surface area contributed by atoms with Gasteiger partial charge in [0.15, 0.2) is 0 Å². The standard InChI is InChI=1S/C23H21N3O3/c27-23(26-14-11-16(12-15-26)28-21-10-5-13-24-25-21)22-17-6-1-3-8-19(17)29-20-9-4-2-7-18(20)22/h1-10,13,16,22H,11-12,14-15H2. The van der Waals surface area contributed by atoms with Crippen molar-refractivity contribution in [1.82, 2.24) is 15.1 Å². The number of carbonyl (C=O) groups excluding carboxylic acids is 1. The zero-order valence-electron chi connectivity index (χ0n) is 15.9. The summed E-state index contributed by atoms with van der Waals surface area (Å²) < 4.78 is 11.9. The highest BCUT2D eigenvalue weighted by Gasteiger charge is 2.36. The van der Waals surface area contributed by atoms with E-state index >= 15 is 0 Å². The molecule has 3 heterocycles. The van der Waals surface area contributed by atoms with Gasteiger partial charge >= 0.3 is 0 Å². The monoisotopic (exact) mass is 387 g/mol. The molecular formula is C23H21N3O3. The van der Waals surface area contributed by atoms with E-state index in [1.807, 2.05) is 53.4 Å². The van der Waals surface area contributed by atoms with Crippen molar-refractivity contribution < 1.29 is 14.3 Å². The number of likely N-dealkylation sites (tertiary alicyclic amines) is 1. The summed E-state index contributed by atoms with van der Waals surface area (Å²) in [5, 5.41) is 7.83. The minimum Gasteiger partial charge on any atom is -0.473 e. The number of ether oxygens (including phenoxy) is 2. The molecule has 0 atom stereocenters. The topological polar surface area (TPSA) is 64.5 Å². The van der Waals surface area contributed by atoms with Crippen molar-refractivity contribution in [2.45, 2.75) is 24.9 Å². The maximum absolute atomic E-state index is 13.6. The van der Waals surface area contributed by atoms with Gasteiger partial charge in [0.1, 0.15) is 17.6 Å². The van der Waals surface area contributed by atoms with Crippen molar-refractivity contribution >= 4 is 5.91 Å². The summed E-state index contributed by atoms with van der Waals surface area (Å²) in [7, 11) is 0. The second-order valence-corrected chi connectivity index (χ2v) is 7.32. The summed E-state index contributed by atoms with van der Waals surface area (Å²) in [5.74, 6) is 1.82. The van der Waals surface area contributed by atoms with Crippen LogP contribution in [0.5, 0.6) is 17.4 Å². The number of amides is 1. The van der Waals surface area contributed by atoms with Crippen LogP contribution in [0.2, 0.25) is 0 Å². The van der Waals surface area contributed by atoms with E-state index in [0.717, 1.165) is 35.5 Å². The van der Waals surface area contributed by atoms with Crippen LogP contribution in [0.1, 0.15) is 29.9 Å². The molecule has 0 saturated carbocycles. The maximum atomic E-state index is 13.6. The molecule has 2 aliphatic rings. The highest BCUT2D eigenvalue weighted by atomic mass is 16.5. The predicted molar refractivity (Wildman–Crippen MR) is 107 cm³/mol. The normalized spacial score (nSPS) is 16.5. The summed E-state index contributed by atoms with van der Waals surface area (Å²) in [6.07, 6.45) is 3.21. The molecule has 0 unspecified atom stereocenters. The second-order valence-electron chi connectivity index (χ2n) is 7.32. The molecule has 6 nitrogen and oxygen atoms in total. The number of carbonyl (C=O) groups is 1. The van der Waals surface area contributed by atoms with E-state index in [1.165, 1.54) is 0 Å². The molecule has 5 rings (SSSR count). The van der Waals surface area contributed by atoms with E-state index in [0.29, 0.717) is 19.0 Å². The van der Waals surface area contributed by atoms with Crippen molar-refractivity contribution in [3.63, 3.8) is 0 Å². The average Bonchev–Trinajstić information content (AvgIpc) is 2.78. The van der Waals surface area contributed by atoms with E-state index in [9.17, 15) is 4.79 Å². The molecule has 1 amide bonds. The molecule has 1 aromatic heterocycles. The van der Waals surface area contributed by atoms with Crippen LogP contribution in [0.3, 0.4) is 0 Å². The van der Waals surface area contributed by atoms with Gasteiger partial charge in [0, 0.05) is 49.3 Å². The number of aromatic nitrogens is 2. The Balaban J connectivity index is 1.34. The summed E-state index contributed by atoms with van der Waals surface area (Å²) in [4.78, 5) is 15.5. The van der Waals surface area contributed by atoms with E-state index < -0.39 is 0 Å². The van der Waals surface area contributed by atoms with Crippen LogP contribution in [0.4, 0.5) is 0 Å². The third-order valence-electron chi connectivity index (χ3n) is 5.52. The molecule has 0 radical (unpaired) electrons. The highest BCUT2D eigenvalue weighted by Crippen LogP contribution is 2.44. The van der Waals surface area contributed by atoms with Gasteiger partial charge in [-0.05, 0) is 18.2 Å². The Morgan fingerprint density at radius 3 is 2.21 bits per heavy atom. The van der Waals surface area contributed by atoms with Crippen LogP contribution in [-0.2, 0) is 4.79 Å². The first-order chi connectivity index (χ1) is 14.3. The average molecular weight is 387 g/mol. The SMILES string of the molecule is O=C(C1c2ccccc2Oc2ccccc21)N1CCC(Oc2cccnn2)CC1. The number of hydrogen-bond acceptors (Lipinski definition) is 5. The van der Waals surface area contributed by atoms with Crippen LogP contribution in [0, 0.1) is 0 Å². The van der Waals surface area contributed by atoms with Crippen LogP contribution in [0.25, 0.3) is 0 Å². The number of nitrogens with zero attached hydrogens (tertiary/aromatic N) is 3. The minimum atomic E-state index is -0.339. The Labute approximate surface area is 169 Å². The van der Waals surface area contributed by atoms with Gasteiger partial charge in [-0.15, -0.1) is 5.10 Å². The molecule has 0 bridgehead atoms. The van der Waals surface area contributed by atoms with Crippen molar-refractivity contribution in [2.75, 3.05) is 13.1 Å². The lowest BCUT2D eigenvalue weighted by atomic mass is 9.86. The lowest BCUT2D eigenvalue weighted by Crippen LogP contribution is -2.44. The number of fused-ring (bicyclic) bond motifs is 2. The summed E-state index contributed by atoms with van der Waals surface area (Å²) in [6.45, 7) is 1.32. The van der Waals surface area contributed by atoms with Gasteiger partial charge in [0.2, 0.25) is 11.8 Å². The molecule has 1 fully saturated rings. The van der Waals surface area contributed by atoms with E-state index in [4.69, 9.17) is 9.47 Å². The van der Waals surface area contributed by atoms with Crippen LogP contribution in [-0.4, -0.2) is 40.2 Å². The molecule has 29 heavy (non-hydrogen) atoms. The quantitative estimate of drug-likeness (QED) is 0.684. The lowest BCUT2D eigenvalue weighted by molar-refractivity contribution is -0.133. The third-order valence-corrected chi connectivity index (χ3v) is 5.52. The Kier molecular flexibility index (Phi) is 4.60. The van der Waals surface area contributed by atoms with E-state index in [1.54, 1.807) is 18.3 Å². The lowest BCUT2D eigenvalue weighted by Gasteiger charge is -2.36. The Hall–Kier alpha value is -3.41. The number of rotatable bonds is 3. The van der Waals surface area contributed by atoms with E-state index in [-0.39, 0.29) is 17.9 Å². The molecule has 0 aliphatic carbocycles. The smallest absolute Gasteiger partial charge is 0.234 e. The first kappa shape index (κ1) is 17.7. The molecule has 0 spiro atoms. The van der Waals surface area contributed by atoms with Gasteiger partial charge in [-0.25, -0.2) is 0 Å². The molecular weight excluding hydrogens is 366 g/mol. The minimum absolute atomic E-state index is 0.0463. The van der Waals surface area contributed by atoms with Gasteiger partial charge in [0.05, 0.1) is 5.92 Å². The second kappa shape index (κ2) is 7.54. The first-order valence-corrected chi connectivity index (χ1v) is 9.88. The molecule has 2 aliphatic heterocycles. The zero-order valence-corrected chi connectivity index (χ0v) is 15.9. The number of hydrogen-bond donors (Lipinski definition) is 0. The molecule has 1 saturated heterocycles. The van der Waals surface area contributed by atoms with Crippen LogP contribution < -0.4 is 9.47 Å². The van der Waals surface area contributed by atoms with Crippen molar-refractivity contribution in [2.24, 2.45) is 0 Å². The summed E-state index contributed by atoms with van der Waals surface area (Å²) in [6, 6.07) is 19.2. The maximum Gasteiger partial charge on any atom is 0.234 e. The van der Waals surface area contributed by atoms with Crippen LogP contribution >= 0.6 is 0 Å². The van der Waals surface area contributed by atoms with Gasteiger partial charge in [-0.3, -0.25) is 4.79 Å². The fourth-order valence-electron chi connectivity index (χ4n) is 4.07. The fraction of sp³-hybridized carbons (Fsp3) is 0.261. The van der Waals surface area contributed by atoms with Crippen LogP contribution in [0.15, 0.2) is 66.9 Å². The first-order valence-electron chi connectivity index (χ1n) is 9.88. The number of para-hydroxylation sites is 2. The highest BCUT2D eigenvalue weighted by molar-refractivity contribution is 5.89. The van der Waals surface area contributed by atoms with Gasteiger partial charge in [0.25, 0.3) is 0 Å². The number of benzene rings is 2. The zero-order chi connectivity index (χ0) is 19.6. The molecule has 0 N–H and O–H groups in total. The third kappa shape index (κ3) is 3.42. The largest absolute Gasteiger partial charge is 0.473 e. The Morgan fingerprint density at radius 2 is 1.59 bits per heavy atom. The van der Waals surface area contributed by atoms with Gasteiger partial charge in [-0.2, -0.15) is 5.10 Å². The summed E-state index contributed by atoms with van der Waals surface area (Å²) in [5.41, 5.74) is 1.85. The fourth-order valence-corrected chi connectivity index (χ4v) is 4.07. The molecule has 3 aromatic rings. The van der Waals surface area contributed by atoms with Gasteiger partial charge in [-0.1, -0.05) is 36.4 Å². The van der Waals surface area contributed by atoms with Gasteiger partial charge < -0.3 is 14.4 Å².